The monoisotopic (exact) mass is 444 g/mol. The SMILES string of the molecule is CCOC(=O)COc1ccc(C=C2NC(=O)N(c3ccccc3)C2=O)cc1Br. The average Bonchev–Trinajstić information content (AvgIpc) is 2.95. The molecule has 0 aliphatic carbocycles. The summed E-state index contributed by atoms with van der Waals surface area (Å²) in [6.45, 7) is 1.81. The lowest BCUT2D eigenvalue weighted by Gasteiger charge is -2.11. The van der Waals surface area contributed by atoms with Gasteiger partial charge in [-0.15, -0.1) is 0 Å². The number of esters is 1. The second-order valence-electron chi connectivity index (χ2n) is 5.75. The third-order valence-electron chi connectivity index (χ3n) is 3.81. The van der Waals surface area contributed by atoms with Crippen LogP contribution in [0, 0.1) is 0 Å². The van der Waals surface area contributed by atoms with E-state index in [2.05, 4.69) is 21.2 Å². The summed E-state index contributed by atoms with van der Waals surface area (Å²) in [6.07, 6.45) is 1.57. The Labute approximate surface area is 170 Å². The van der Waals surface area contributed by atoms with E-state index in [1.54, 1.807) is 55.5 Å². The van der Waals surface area contributed by atoms with Gasteiger partial charge in [-0.25, -0.2) is 14.5 Å². The number of amides is 3. The Morgan fingerprint density at radius 1 is 1.18 bits per heavy atom. The summed E-state index contributed by atoms with van der Waals surface area (Å²) in [7, 11) is 0. The van der Waals surface area contributed by atoms with E-state index in [1.807, 2.05) is 6.07 Å². The van der Waals surface area contributed by atoms with Gasteiger partial charge in [0.25, 0.3) is 5.91 Å². The minimum atomic E-state index is -0.504. The summed E-state index contributed by atoms with van der Waals surface area (Å²) in [5, 5.41) is 2.58. The number of rotatable bonds is 6. The van der Waals surface area contributed by atoms with Crippen LogP contribution in [0.25, 0.3) is 6.08 Å². The highest BCUT2D eigenvalue weighted by Gasteiger charge is 2.34. The zero-order valence-corrected chi connectivity index (χ0v) is 16.6. The van der Waals surface area contributed by atoms with Gasteiger partial charge in [-0.2, -0.15) is 0 Å². The maximum atomic E-state index is 12.6. The number of hydrogen-bond acceptors (Lipinski definition) is 5. The van der Waals surface area contributed by atoms with Crippen molar-refractivity contribution >= 4 is 45.6 Å². The summed E-state index contributed by atoms with van der Waals surface area (Å²) in [5.41, 5.74) is 1.34. The Kier molecular flexibility index (Phi) is 6.10. The molecule has 2 aromatic carbocycles. The number of halogens is 1. The standard InChI is InChI=1S/C20H17BrN2O5/c1-2-27-18(24)12-28-17-9-8-13(10-15(17)21)11-16-19(25)23(20(26)22-16)14-6-4-3-5-7-14/h3-11H,2,12H2,1H3,(H,22,26). The van der Waals surface area contributed by atoms with Crippen LogP contribution in [0.5, 0.6) is 5.75 Å². The van der Waals surface area contributed by atoms with E-state index in [0.29, 0.717) is 21.5 Å². The number of hydrogen-bond donors (Lipinski definition) is 1. The molecule has 0 unspecified atom stereocenters. The molecule has 0 atom stereocenters. The Balaban J connectivity index is 1.75. The molecule has 0 radical (unpaired) electrons. The van der Waals surface area contributed by atoms with Crippen molar-refractivity contribution in [2.75, 3.05) is 18.1 Å². The molecule has 1 saturated heterocycles. The van der Waals surface area contributed by atoms with Gasteiger partial charge in [0.15, 0.2) is 6.61 Å². The largest absolute Gasteiger partial charge is 0.481 e. The van der Waals surface area contributed by atoms with E-state index in [0.717, 1.165) is 4.90 Å². The molecular weight excluding hydrogens is 428 g/mol. The number of imide groups is 1. The van der Waals surface area contributed by atoms with E-state index in [1.165, 1.54) is 0 Å². The number of nitrogens with zero attached hydrogens (tertiary/aromatic N) is 1. The summed E-state index contributed by atoms with van der Waals surface area (Å²) < 4.78 is 10.8. The second kappa shape index (κ2) is 8.71. The second-order valence-corrected chi connectivity index (χ2v) is 6.60. The fraction of sp³-hybridized carbons (Fsp3) is 0.150. The summed E-state index contributed by atoms with van der Waals surface area (Å²) in [4.78, 5) is 37.3. The lowest BCUT2D eigenvalue weighted by Crippen LogP contribution is -2.30. The van der Waals surface area contributed by atoms with Gasteiger partial charge >= 0.3 is 12.0 Å². The molecule has 1 N–H and O–H groups in total. The first-order valence-electron chi connectivity index (χ1n) is 8.49. The molecule has 0 saturated carbocycles. The van der Waals surface area contributed by atoms with Crippen molar-refractivity contribution in [1.82, 2.24) is 5.32 Å². The van der Waals surface area contributed by atoms with E-state index < -0.39 is 17.9 Å². The number of para-hydroxylation sites is 1. The van der Waals surface area contributed by atoms with Gasteiger partial charge in [0, 0.05) is 0 Å². The smallest absolute Gasteiger partial charge is 0.344 e. The molecule has 0 spiro atoms. The molecular formula is C20H17BrN2O5. The van der Waals surface area contributed by atoms with Crippen molar-refractivity contribution in [3.05, 3.63) is 64.3 Å². The first-order chi connectivity index (χ1) is 13.5. The lowest BCUT2D eigenvalue weighted by molar-refractivity contribution is -0.145. The number of ether oxygens (including phenoxy) is 2. The Hall–Kier alpha value is -3.13. The van der Waals surface area contributed by atoms with Gasteiger partial charge in [0.2, 0.25) is 0 Å². The molecule has 7 nitrogen and oxygen atoms in total. The molecule has 8 heteroatoms. The van der Waals surface area contributed by atoms with Crippen LogP contribution in [0.2, 0.25) is 0 Å². The maximum Gasteiger partial charge on any atom is 0.344 e. The predicted molar refractivity (Wildman–Crippen MR) is 107 cm³/mol. The minimum Gasteiger partial charge on any atom is -0.481 e. The predicted octanol–water partition coefficient (Wildman–Crippen LogP) is 3.49. The first kappa shape index (κ1) is 19.6. The molecule has 1 aliphatic heterocycles. The van der Waals surface area contributed by atoms with Gasteiger partial charge in [-0.05, 0) is 58.8 Å². The summed E-state index contributed by atoms with van der Waals surface area (Å²) >= 11 is 3.37. The number of benzene rings is 2. The normalized spacial score (nSPS) is 14.9. The number of carbonyl (C=O) groups is 3. The van der Waals surface area contributed by atoms with Crippen LogP contribution in [0.3, 0.4) is 0 Å². The fourth-order valence-electron chi connectivity index (χ4n) is 2.58. The molecule has 1 aliphatic rings. The quantitative estimate of drug-likeness (QED) is 0.418. The van der Waals surface area contributed by atoms with Gasteiger partial charge in [0.05, 0.1) is 16.8 Å². The Morgan fingerprint density at radius 3 is 2.61 bits per heavy atom. The van der Waals surface area contributed by atoms with E-state index in [4.69, 9.17) is 9.47 Å². The first-order valence-corrected chi connectivity index (χ1v) is 9.29. The summed E-state index contributed by atoms with van der Waals surface area (Å²) in [5.74, 6) is -0.432. The molecule has 144 valence electrons. The molecule has 1 fully saturated rings. The highest BCUT2D eigenvalue weighted by Crippen LogP contribution is 2.28. The van der Waals surface area contributed by atoms with E-state index in [9.17, 15) is 14.4 Å². The van der Waals surface area contributed by atoms with Crippen molar-refractivity contribution in [1.29, 1.82) is 0 Å². The molecule has 28 heavy (non-hydrogen) atoms. The molecule has 3 amide bonds. The number of nitrogens with one attached hydrogen (secondary N) is 1. The Bertz CT molecular complexity index is 943. The minimum absolute atomic E-state index is 0.168. The molecule has 2 aromatic rings. The van der Waals surface area contributed by atoms with Crippen molar-refractivity contribution in [3.8, 4) is 5.75 Å². The number of urea groups is 1. The molecule has 3 rings (SSSR count). The third kappa shape index (κ3) is 4.40. The zero-order valence-electron chi connectivity index (χ0n) is 15.0. The van der Waals surface area contributed by atoms with Crippen LogP contribution >= 0.6 is 15.9 Å². The third-order valence-corrected chi connectivity index (χ3v) is 4.43. The lowest BCUT2D eigenvalue weighted by atomic mass is 10.2. The topological polar surface area (TPSA) is 84.9 Å². The van der Waals surface area contributed by atoms with Crippen molar-refractivity contribution in [3.63, 3.8) is 0 Å². The Morgan fingerprint density at radius 2 is 1.93 bits per heavy atom. The van der Waals surface area contributed by atoms with Gasteiger partial charge in [-0.1, -0.05) is 24.3 Å². The van der Waals surface area contributed by atoms with Crippen LogP contribution in [-0.2, 0) is 14.3 Å². The number of carbonyl (C=O) groups excluding carboxylic acids is 3. The summed E-state index contributed by atoms with van der Waals surface area (Å²) in [6, 6.07) is 13.3. The maximum absolute atomic E-state index is 12.6. The van der Waals surface area contributed by atoms with Gasteiger partial charge in [-0.3, -0.25) is 4.79 Å². The van der Waals surface area contributed by atoms with Crippen LogP contribution in [0.1, 0.15) is 12.5 Å². The van der Waals surface area contributed by atoms with Crippen molar-refractivity contribution in [2.45, 2.75) is 6.92 Å². The van der Waals surface area contributed by atoms with E-state index in [-0.39, 0.29) is 18.9 Å². The number of anilines is 1. The van der Waals surface area contributed by atoms with Crippen molar-refractivity contribution < 1.29 is 23.9 Å². The van der Waals surface area contributed by atoms with E-state index >= 15 is 0 Å². The van der Waals surface area contributed by atoms with Crippen LogP contribution in [0.4, 0.5) is 10.5 Å². The molecule has 1 heterocycles. The molecule has 0 bridgehead atoms. The highest BCUT2D eigenvalue weighted by molar-refractivity contribution is 9.10. The molecule has 0 aromatic heterocycles. The van der Waals surface area contributed by atoms with Gasteiger partial charge in [0.1, 0.15) is 11.4 Å². The zero-order chi connectivity index (χ0) is 20.1. The van der Waals surface area contributed by atoms with Crippen LogP contribution in [-0.4, -0.2) is 31.1 Å². The van der Waals surface area contributed by atoms with Crippen molar-refractivity contribution in [2.24, 2.45) is 0 Å². The van der Waals surface area contributed by atoms with Gasteiger partial charge < -0.3 is 14.8 Å². The van der Waals surface area contributed by atoms with Crippen LogP contribution < -0.4 is 15.0 Å². The highest BCUT2D eigenvalue weighted by atomic mass is 79.9. The van der Waals surface area contributed by atoms with Crippen LogP contribution in [0.15, 0.2) is 58.7 Å². The average molecular weight is 445 g/mol. The fourth-order valence-corrected chi connectivity index (χ4v) is 3.09.